The van der Waals surface area contributed by atoms with Crippen molar-refractivity contribution in [1.29, 1.82) is 0 Å². The maximum absolute atomic E-state index is 12.7. The van der Waals surface area contributed by atoms with Gasteiger partial charge in [0.05, 0.1) is 18.3 Å². The summed E-state index contributed by atoms with van der Waals surface area (Å²) in [6, 6.07) is 10.1. The Hall–Kier alpha value is -3.15. The molecule has 0 unspecified atom stereocenters. The second kappa shape index (κ2) is 7.35. The van der Waals surface area contributed by atoms with E-state index in [0.717, 1.165) is 11.1 Å². The molecule has 1 aromatic carbocycles. The lowest BCUT2D eigenvalue weighted by Crippen LogP contribution is -2.26. The molecule has 0 radical (unpaired) electrons. The van der Waals surface area contributed by atoms with Crippen molar-refractivity contribution in [3.8, 4) is 0 Å². The Bertz CT molecular complexity index is 1060. The van der Waals surface area contributed by atoms with Gasteiger partial charge in [0.25, 0.3) is 5.91 Å². The highest BCUT2D eigenvalue weighted by molar-refractivity contribution is 6.03. The van der Waals surface area contributed by atoms with Gasteiger partial charge in [-0.1, -0.05) is 44.2 Å². The van der Waals surface area contributed by atoms with E-state index in [4.69, 9.17) is 4.42 Å². The standard InChI is InChI=1S/C23H25N3O3/c1-15-20-18(27)9-23(2,3)10-19(20)29-21(15)22(28)24-11-17-12-25-26(14-17)13-16-7-5-4-6-8-16/h4-8,12,14H,9-11,13H2,1-3H3,(H,24,28). The summed E-state index contributed by atoms with van der Waals surface area (Å²) in [5, 5.41) is 7.24. The first-order valence-corrected chi connectivity index (χ1v) is 9.81. The van der Waals surface area contributed by atoms with E-state index >= 15 is 0 Å². The van der Waals surface area contributed by atoms with Crippen molar-refractivity contribution in [3.05, 3.63) is 76.5 Å². The molecule has 2 heterocycles. The van der Waals surface area contributed by atoms with Gasteiger partial charge in [-0.05, 0) is 17.9 Å². The molecule has 0 bridgehead atoms. The van der Waals surface area contributed by atoms with Gasteiger partial charge in [0.2, 0.25) is 0 Å². The van der Waals surface area contributed by atoms with E-state index in [1.165, 1.54) is 0 Å². The van der Waals surface area contributed by atoms with Gasteiger partial charge in [-0.15, -0.1) is 0 Å². The van der Waals surface area contributed by atoms with Gasteiger partial charge >= 0.3 is 0 Å². The van der Waals surface area contributed by atoms with E-state index in [1.807, 2.05) is 55.1 Å². The summed E-state index contributed by atoms with van der Waals surface area (Å²) in [6.07, 6.45) is 4.80. The quantitative estimate of drug-likeness (QED) is 0.715. The Morgan fingerprint density at radius 3 is 2.72 bits per heavy atom. The molecule has 2 aromatic heterocycles. The summed E-state index contributed by atoms with van der Waals surface area (Å²) in [5.41, 5.74) is 3.15. The molecule has 4 rings (SSSR count). The van der Waals surface area contributed by atoms with E-state index in [0.29, 0.717) is 42.8 Å². The van der Waals surface area contributed by atoms with Crippen LogP contribution in [0.3, 0.4) is 0 Å². The topological polar surface area (TPSA) is 77.1 Å². The first-order chi connectivity index (χ1) is 13.8. The van der Waals surface area contributed by atoms with Gasteiger partial charge in [0.15, 0.2) is 11.5 Å². The van der Waals surface area contributed by atoms with Gasteiger partial charge in [-0.2, -0.15) is 5.10 Å². The largest absolute Gasteiger partial charge is 0.455 e. The normalized spacial score (nSPS) is 15.2. The molecular weight excluding hydrogens is 366 g/mol. The fraction of sp³-hybridized carbons (Fsp3) is 0.348. The van der Waals surface area contributed by atoms with E-state index < -0.39 is 0 Å². The Morgan fingerprint density at radius 2 is 1.97 bits per heavy atom. The number of benzene rings is 1. The second-order valence-electron chi connectivity index (χ2n) is 8.51. The van der Waals surface area contributed by atoms with E-state index in [-0.39, 0.29) is 22.9 Å². The lowest BCUT2D eigenvalue weighted by atomic mass is 9.76. The van der Waals surface area contributed by atoms with Gasteiger partial charge in [-0.25, -0.2) is 0 Å². The van der Waals surface area contributed by atoms with Crippen LogP contribution < -0.4 is 5.32 Å². The molecule has 0 fully saturated rings. The molecule has 6 heteroatoms. The number of amides is 1. The molecule has 29 heavy (non-hydrogen) atoms. The molecule has 0 saturated heterocycles. The number of carbonyl (C=O) groups is 2. The van der Waals surface area contributed by atoms with E-state index in [2.05, 4.69) is 10.4 Å². The molecule has 0 aliphatic heterocycles. The summed E-state index contributed by atoms with van der Waals surface area (Å²) in [7, 11) is 0. The van der Waals surface area contributed by atoms with Crippen molar-refractivity contribution in [3.63, 3.8) is 0 Å². The molecule has 1 aliphatic carbocycles. The van der Waals surface area contributed by atoms with Crippen molar-refractivity contribution in [2.45, 2.75) is 46.7 Å². The third-order valence-electron chi connectivity index (χ3n) is 5.31. The maximum atomic E-state index is 12.7. The average molecular weight is 391 g/mol. The van der Waals surface area contributed by atoms with E-state index in [9.17, 15) is 9.59 Å². The number of nitrogens with zero attached hydrogens (tertiary/aromatic N) is 2. The van der Waals surface area contributed by atoms with Crippen LogP contribution in [0.2, 0.25) is 0 Å². The van der Waals surface area contributed by atoms with Gasteiger partial charge in [-0.3, -0.25) is 14.3 Å². The first kappa shape index (κ1) is 19.2. The lowest BCUT2D eigenvalue weighted by Gasteiger charge is -2.27. The number of rotatable bonds is 5. The zero-order valence-electron chi connectivity index (χ0n) is 17.0. The number of hydrogen-bond acceptors (Lipinski definition) is 4. The maximum Gasteiger partial charge on any atom is 0.287 e. The minimum absolute atomic E-state index is 0.0544. The van der Waals surface area contributed by atoms with Crippen LogP contribution in [0.25, 0.3) is 0 Å². The molecule has 150 valence electrons. The molecule has 0 saturated carbocycles. The summed E-state index contributed by atoms with van der Waals surface area (Å²) in [5.74, 6) is 0.611. The number of aromatic nitrogens is 2. The monoisotopic (exact) mass is 391 g/mol. The molecule has 6 nitrogen and oxygen atoms in total. The van der Waals surface area contributed by atoms with Crippen LogP contribution in [-0.2, 0) is 19.5 Å². The highest BCUT2D eigenvalue weighted by Gasteiger charge is 2.37. The van der Waals surface area contributed by atoms with Crippen LogP contribution in [0.5, 0.6) is 0 Å². The Balaban J connectivity index is 1.43. The van der Waals surface area contributed by atoms with Crippen LogP contribution in [0, 0.1) is 12.3 Å². The van der Waals surface area contributed by atoms with Crippen molar-refractivity contribution in [1.82, 2.24) is 15.1 Å². The Labute approximate surface area is 169 Å². The molecule has 0 spiro atoms. The van der Waals surface area contributed by atoms with Gasteiger partial charge in [0, 0.05) is 36.7 Å². The Kier molecular flexibility index (Phi) is 4.86. The third kappa shape index (κ3) is 4.01. The summed E-state index contributed by atoms with van der Waals surface area (Å²) < 4.78 is 7.67. The number of hydrogen-bond donors (Lipinski definition) is 1. The molecule has 1 amide bonds. The summed E-state index contributed by atoms with van der Waals surface area (Å²) >= 11 is 0. The number of furan rings is 1. The minimum Gasteiger partial charge on any atom is -0.455 e. The number of carbonyl (C=O) groups excluding carboxylic acids is 2. The average Bonchev–Trinajstić information content (AvgIpc) is 3.24. The minimum atomic E-state index is -0.307. The number of fused-ring (bicyclic) bond motifs is 1. The first-order valence-electron chi connectivity index (χ1n) is 9.81. The van der Waals surface area contributed by atoms with Crippen LogP contribution in [0.1, 0.15) is 63.6 Å². The van der Waals surface area contributed by atoms with Gasteiger partial charge < -0.3 is 9.73 Å². The highest BCUT2D eigenvalue weighted by atomic mass is 16.4. The van der Waals surface area contributed by atoms with Crippen molar-refractivity contribution in [2.75, 3.05) is 0 Å². The molecular formula is C23H25N3O3. The highest BCUT2D eigenvalue weighted by Crippen LogP contribution is 2.38. The predicted molar refractivity (Wildman–Crippen MR) is 109 cm³/mol. The van der Waals surface area contributed by atoms with Crippen LogP contribution >= 0.6 is 0 Å². The van der Waals surface area contributed by atoms with Crippen molar-refractivity contribution >= 4 is 11.7 Å². The molecule has 0 atom stereocenters. The predicted octanol–water partition coefficient (Wildman–Crippen LogP) is 3.92. The van der Waals surface area contributed by atoms with Crippen molar-refractivity contribution in [2.24, 2.45) is 5.41 Å². The number of ketones is 1. The lowest BCUT2D eigenvalue weighted by molar-refractivity contribution is 0.0888. The zero-order chi connectivity index (χ0) is 20.6. The van der Waals surface area contributed by atoms with Crippen molar-refractivity contribution < 1.29 is 14.0 Å². The van der Waals surface area contributed by atoms with Crippen LogP contribution in [-0.4, -0.2) is 21.5 Å². The summed E-state index contributed by atoms with van der Waals surface area (Å²) in [4.78, 5) is 25.2. The molecule has 1 aliphatic rings. The molecule has 1 N–H and O–H groups in total. The fourth-order valence-electron chi connectivity index (χ4n) is 3.92. The van der Waals surface area contributed by atoms with Crippen LogP contribution in [0.15, 0.2) is 47.1 Å². The fourth-order valence-corrected chi connectivity index (χ4v) is 3.92. The smallest absolute Gasteiger partial charge is 0.287 e. The van der Waals surface area contributed by atoms with Crippen LogP contribution in [0.4, 0.5) is 0 Å². The summed E-state index contributed by atoms with van der Waals surface area (Å²) in [6.45, 7) is 6.89. The zero-order valence-corrected chi connectivity index (χ0v) is 17.0. The van der Waals surface area contributed by atoms with Gasteiger partial charge in [0.1, 0.15) is 5.76 Å². The van der Waals surface area contributed by atoms with E-state index in [1.54, 1.807) is 13.1 Å². The third-order valence-corrected chi connectivity index (χ3v) is 5.31. The number of Topliss-reactive ketones (excluding diaryl/α,β-unsaturated/α-hetero) is 1. The molecule has 3 aromatic rings. The second-order valence-corrected chi connectivity index (χ2v) is 8.51. The Morgan fingerprint density at radius 1 is 1.21 bits per heavy atom. The SMILES string of the molecule is Cc1c(C(=O)NCc2cnn(Cc3ccccc3)c2)oc2c1C(=O)CC(C)(C)C2. The number of nitrogens with one attached hydrogen (secondary N) is 1.